The first-order chi connectivity index (χ1) is 12.0. The van der Waals surface area contributed by atoms with Crippen LogP contribution in [0.25, 0.3) is 22.0 Å². The lowest BCUT2D eigenvalue weighted by atomic mass is 10.0. The van der Waals surface area contributed by atoms with E-state index in [1.54, 1.807) is 25.2 Å². The van der Waals surface area contributed by atoms with Crippen molar-refractivity contribution in [3.8, 4) is 11.3 Å². The molecule has 0 aliphatic heterocycles. The second kappa shape index (κ2) is 6.89. The first kappa shape index (κ1) is 16.9. The highest BCUT2D eigenvalue weighted by molar-refractivity contribution is 5.96. The van der Waals surface area contributed by atoms with Crippen LogP contribution in [-0.4, -0.2) is 21.7 Å². The Morgan fingerprint density at radius 1 is 1.12 bits per heavy atom. The Labute approximate surface area is 146 Å². The van der Waals surface area contributed by atoms with E-state index in [1.165, 1.54) is 4.68 Å². The van der Waals surface area contributed by atoms with E-state index in [9.17, 15) is 9.59 Å². The summed E-state index contributed by atoms with van der Waals surface area (Å²) in [5.74, 6) is -0.0841. The molecule has 0 saturated carbocycles. The van der Waals surface area contributed by atoms with Gasteiger partial charge in [-0.05, 0) is 31.5 Å². The molecule has 1 unspecified atom stereocenters. The van der Waals surface area contributed by atoms with Gasteiger partial charge >= 0.3 is 0 Å². The second-order valence-electron chi connectivity index (χ2n) is 6.18. The number of nitrogens with one attached hydrogen (secondary N) is 1. The highest BCUT2D eigenvalue weighted by atomic mass is 16.1. The summed E-state index contributed by atoms with van der Waals surface area (Å²) >= 11 is 0. The van der Waals surface area contributed by atoms with E-state index in [2.05, 4.69) is 10.4 Å². The van der Waals surface area contributed by atoms with Crippen molar-refractivity contribution in [2.24, 2.45) is 7.05 Å². The van der Waals surface area contributed by atoms with Gasteiger partial charge in [0.15, 0.2) is 0 Å². The van der Waals surface area contributed by atoms with Gasteiger partial charge in [0, 0.05) is 29.6 Å². The van der Waals surface area contributed by atoms with Gasteiger partial charge in [-0.25, -0.2) is 4.68 Å². The molecule has 1 amide bonds. The first-order valence-corrected chi connectivity index (χ1v) is 8.38. The first-order valence-electron chi connectivity index (χ1n) is 8.38. The van der Waals surface area contributed by atoms with Gasteiger partial charge in [0.25, 0.3) is 11.5 Å². The van der Waals surface area contributed by atoms with Crippen molar-refractivity contribution in [2.75, 3.05) is 0 Å². The topological polar surface area (TPSA) is 64.0 Å². The molecule has 3 aromatic rings. The molecule has 128 valence electrons. The van der Waals surface area contributed by atoms with Gasteiger partial charge in [-0.1, -0.05) is 37.3 Å². The minimum Gasteiger partial charge on any atom is -0.350 e. The molecule has 0 radical (unpaired) electrons. The lowest BCUT2D eigenvalue weighted by molar-refractivity contribution is 0.0939. The number of nitrogens with zero attached hydrogens (tertiary/aromatic N) is 2. The largest absolute Gasteiger partial charge is 0.350 e. The van der Waals surface area contributed by atoms with E-state index in [0.29, 0.717) is 10.9 Å². The Hall–Kier alpha value is -2.95. The standard InChI is InChI=1S/C20H21N3O2/c1-4-13(2)21-19(24)15-11-9-14(10-12-15)18-16-7-5-6-8-17(16)20(25)23(3)22-18/h5-13H,4H2,1-3H3,(H,21,24). The summed E-state index contributed by atoms with van der Waals surface area (Å²) in [4.78, 5) is 24.4. The normalized spacial score (nSPS) is 12.1. The van der Waals surface area contributed by atoms with Crippen molar-refractivity contribution in [2.45, 2.75) is 26.3 Å². The third-order valence-corrected chi connectivity index (χ3v) is 4.37. The van der Waals surface area contributed by atoms with Crippen molar-refractivity contribution in [3.63, 3.8) is 0 Å². The second-order valence-corrected chi connectivity index (χ2v) is 6.18. The van der Waals surface area contributed by atoms with E-state index < -0.39 is 0 Å². The Morgan fingerprint density at radius 2 is 1.76 bits per heavy atom. The summed E-state index contributed by atoms with van der Waals surface area (Å²) < 4.78 is 1.35. The van der Waals surface area contributed by atoms with Crippen LogP contribution in [0.1, 0.15) is 30.6 Å². The number of carbonyl (C=O) groups excluding carboxylic acids is 1. The summed E-state index contributed by atoms with van der Waals surface area (Å²) in [6, 6.07) is 14.9. The van der Waals surface area contributed by atoms with Gasteiger partial charge in [0.1, 0.15) is 0 Å². The van der Waals surface area contributed by atoms with E-state index in [1.807, 2.05) is 44.2 Å². The molecule has 2 aromatic carbocycles. The van der Waals surface area contributed by atoms with Crippen molar-refractivity contribution < 1.29 is 4.79 Å². The summed E-state index contributed by atoms with van der Waals surface area (Å²) in [6.45, 7) is 4.01. The van der Waals surface area contributed by atoms with Crippen molar-refractivity contribution >= 4 is 16.7 Å². The number of aryl methyl sites for hydroxylation is 1. The molecule has 25 heavy (non-hydrogen) atoms. The molecule has 0 saturated heterocycles. The van der Waals surface area contributed by atoms with E-state index >= 15 is 0 Å². The fraction of sp³-hybridized carbons (Fsp3) is 0.250. The molecule has 0 aliphatic carbocycles. The Morgan fingerprint density at radius 3 is 2.40 bits per heavy atom. The number of carbonyl (C=O) groups is 1. The van der Waals surface area contributed by atoms with Crippen LogP contribution in [0.15, 0.2) is 53.3 Å². The zero-order chi connectivity index (χ0) is 18.0. The molecule has 0 aliphatic rings. The van der Waals surface area contributed by atoms with Gasteiger partial charge in [-0.2, -0.15) is 5.10 Å². The minimum atomic E-state index is -0.121. The zero-order valence-corrected chi connectivity index (χ0v) is 14.6. The Balaban J connectivity index is 2.01. The van der Waals surface area contributed by atoms with Gasteiger partial charge in [0.2, 0.25) is 0 Å². The number of rotatable bonds is 4. The number of fused-ring (bicyclic) bond motifs is 1. The predicted octanol–water partition coefficient (Wildman–Crippen LogP) is 3.13. The molecule has 1 N–H and O–H groups in total. The van der Waals surface area contributed by atoms with Crippen molar-refractivity contribution in [1.82, 2.24) is 15.1 Å². The van der Waals surface area contributed by atoms with Crippen molar-refractivity contribution in [1.29, 1.82) is 0 Å². The van der Waals surface area contributed by atoms with Gasteiger partial charge in [0.05, 0.1) is 11.1 Å². The summed E-state index contributed by atoms with van der Waals surface area (Å²) in [6.07, 6.45) is 0.887. The van der Waals surface area contributed by atoms with Crippen LogP contribution in [0.3, 0.4) is 0 Å². The molecule has 5 nitrogen and oxygen atoms in total. The quantitative estimate of drug-likeness (QED) is 0.797. The fourth-order valence-electron chi connectivity index (χ4n) is 2.70. The average molecular weight is 335 g/mol. The maximum atomic E-state index is 12.2. The summed E-state index contributed by atoms with van der Waals surface area (Å²) in [5, 5.41) is 8.80. The Kier molecular flexibility index (Phi) is 4.65. The molecule has 1 heterocycles. The number of hydrogen-bond donors (Lipinski definition) is 1. The van der Waals surface area contributed by atoms with Crippen LogP contribution in [0.2, 0.25) is 0 Å². The number of benzene rings is 2. The molecule has 0 bridgehead atoms. The number of hydrogen-bond acceptors (Lipinski definition) is 3. The maximum Gasteiger partial charge on any atom is 0.274 e. The minimum absolute atomic E-state index is 0.0841. The monoisotopic (exact) mass is 335 g/mol. The summed E-state index contributed by atoms with van der Waals surface area (Å²) in [5.41, 5.74) is 2.08. The SMILES string of the molecule is CCC(C)NC(=O)c1ccc(-c2nn(C)c(=O)c3ccccc23)cc1. The van der Waals surface area contributed by atoms with Crippen LogP contribution < -0.4 is 10.9 Å². The Bertz CT molecular complexity index is 974. The third kappa shape index (κ3) is 3.31. The van der Waals surface area contributed by atoms with E-state index in [-0.39, 0.29) is 17.5 Å². The number of amides is 1. The molecule has 1 aromatic heterocycles. The summed E-state index contributed by atoms with van der Waals surface area (Å²) in [7, 11) is 1.65. The van der Waals surface area contributed by atoms with Crippen LogP contribution in [0, 0.1) is 0 Å². The van der Waals surface area contributed by atoms with Gasteiger partial charge in [-0.3, -0.25) is 9.59 Å². The fourth-order valence-corrected chi connectivity index (χ4v) is 2.70. The highest BCUT2D eigenvalue weighted by Gasteiger charge is 2.12. The van der Waals surface area contributed by atoms with Gasteiger partial charge < -0.3 is 5.32 Å². The molecule has 5 heteroatoms. The van der Waals surface area contributed by atoms with Crippen molar-refractivity contribution in [3.05, 3.63) is 64.4 Å². The van der Waals surface area contributed by atoms with E-state index in [4.69, 9.17) is 0 Å². The predicted molar refractivity (Wildman–Crippen MR) is 99.6 cm³/mol. The molecular formula is C20H21N3O2. The highest BCUT2D eigenvalue weighted by Crippen LogP contribution is 2.24. The van der Waals surface area contributed by atoms with Gasteiger partial charge in [-0.15, -0.1) is 0 Å². The van der Waals surface area contributed by atoms with E-state index in [0.717, 1.165) is 23.1 Å². The zero-order valence-electron chi connectivity index (χ0n) is 14.6. The maximum absolute atomic E-state index is 12.2. The third-order valence-electron chi connectivity index (χ3n) is 4.37. The molecule has 0 fully saturated rings. The molecule has 0 spiro atoms. The number of aromatic nitrogens is 2. The molecule has 1 atom stereocenters. The van der Waals surface area contributed by atoms with Crippen LogP contribution in [0.4, 0.5) is 0 Å². The van der Waals surface area contributed by atoms with Crippen LogP contribution >= 0.6 is 0 Å². The smallest absolute Gasteiger partial charge is 0.274 e. The van der Waals surface area contributed by atoms with Crippen LogP contribution in [0.5, 0.6) is 0 Å². The van der Waals surface area contributed by atoms with Crippen LogP contribution in [-0.2, 0) is 7.05 Å². The average Bonchev–Trinajstić information content (AvgIpc) is 2.64. The molecule has 3 rings (SSSR count). The molecular weight excluding hydrogens is 314 g/mol. The lowest BCUT2D eigenvalue weighted by Crippen LogP contribution is -2.31. The lowest BCUT2D eigenvalue weighted by Gasteiger charge is -2.12.